The molecule has 0 atom stereocenters. The van der Waals surface area contributed by atoms with Crippen molar-refractivity contribution in [2.45, 2.75) is 27.3 Å². The van der Waals surface area contributed by atoms with Gasteiger partial charge in [0.05, 0.1) is 12.2 Å². The molecule has 1 heterocycles. The standard InChI is InChI=1S/C24H24N2O4/c1-4-30-24(29)19-16(3)26-21(20(19)18-8-6-5-7-9-18)22(27)23(28)25-14-17-12-10-15(2)11-13-17/h5-13,26H,4,14H2,1-3H3,(H,25,28). The molecule has 2 aromatic carbocycles. The number of aryl methyl sites for hydroxylation is 2. The second kappa shape index (κ2) is 9.22. The van der Waals surface area contributed by atoms with Crippen LogP contribution in [0.5, 0.6) is 0 Å². The summed E-state index contributed by atoms with van der Waals surface area (Å²) >= 11 is 0. The third-order valence-electron chi connectivity index (χ3n) is 4.74. The molecular weight excluding hydrogens is 380 g/mol. The lowest BCUT2D eigenvalue weighted by atomic mass is 9.98. The van der Waals surface area contributed by atoms with Crippen molar-refractivity contribution in [3.8, 4) is 11.1 Å². The number of amides is 1. The SMILES string of the molecule is CCOC(=O)c1c(C)[nH]c(C(=O)C(=O)NCc2ccc(C)cc2)c1-c1ccccc1. The summed E-state index contributed by atoms with van der Waals surface area (Å²) in [5.41, 5.74) is 3.84. The highest BCUT2D eigenvalue weighted by Crippen LogP contribution is 2.31. The van der Waals surface area contributed by atoms with Gasteiger partial charge in [0.25, 0.3) is 11.7 Å². The number of hydrogen-bond acceptors (Lipinski definition) is 4. The molecule has 0 unspecified atom stereocenters. The summed E-state index contributed by atoms with van der Waals surface area (Å²) in [6.45, 7) is 5.81. The normalized spacial score (nSPS) is 10.5. The van der Waals surface area contributed by atoms with Crippen molar-refractivity contribution in [1.29, 1.82) is 0 Å². The lowest BCUT2D eigenvalue weighted by molar-refractivity contribution is -0.117. The fraction of sp³-hybridized carbons (Fsp3) is 0.208. The van der Waals surface area contributed by atoms with Crippen LogP contribution in [0.15, 0.2) is 54.6 Å². The van der Waals surface area contributed by atoms with Crippen LogP contribution in [0.2, 0.25) is 0 Å². The second-order valence-corrected chi connectivity index (χ2v) is 6.96. The second-order valence-electron chi connectivity index (χ2n) is 6.96. The van der Waals surface area contributed by atoms with Crippen LogP contribution in [0.1, 0.15) is 44.6 Å². The Morgan fingerprint density at radius 2 is 1.63 bits per heavy atom. The zero-order valence-electron chi connectivity index (χ0n) is 17.2. The number of ether oxygens (including phenoxy) is 1. The number of hydrogen-bond donors (Lipinski definition) is 2. The first kappa shape index (κ1) is 21.0. The summed E-state index contributed by atoms with van der Waals surface area (Å²) in [7, 11) is 0. The maximum absolute atomic E-state index is 13.0. The van der Waals surface area contributed by atoms with Crippen molar-refractivity contribution in [2.75, 3.05) is 6.61 Å². The van der Waals surface area contributed by atoms with Crippen LogP contribution in [0.25, 0.3) is 11.1 Å². The number of nitrogens with one attached hydrogen (secondary N) is 2. The summed E-state index contributed by atoms with van der Waals surface area (Å²) in [4.78, 5) is 41.0. The molecule has 0 fully saturated rings. The maximum Gasteiger partial charge on any atom is 0.340 e. The fourth-order valence-corrected chi connectivity index (χ4v) is 3.23. The van der Waals surface area contributed by atoms with Crippen LogP contribution in [0, 0.1) is 13.8 Å². The van der Waals surface area contributed by atoms with Gasteiger partial charge in [-0.05, 0) is 31.9 Å². The molecule has 30 heavy (non-hydrogen) atoms. The predicted molar refractivity (Wildman–Crippen MR) is 114 cm³/mol. The average molecular weight is 404 g/mol. The molecule has 154 valence electrons. The first-order chi connectivity index (χ1) is 14.4. The van der Waals surface area contributed by atoms with Crippen LogP contribution in [0.3, 0.4) is 0 Å². The van der Waals surface area contributed by atoms with Crippen LogP contribution >= 0.6 is 0 Å². The predicted octanol–water partition coefficient (Wildman–Crippen LogP) is 3.97. The number of esters is 1. The van der Waals surface area contributed by atoms with E-state index in [1.54, 1.807) is 38.1 Å². The van der Waals surface area contributed by atoms with Gasteiger partial charge in [-0.15, -0.1) is 0 Å². The molecule has 0 aliphatic carbocycles. The van der Waals surface area contributed by atoms with Gasteiger partial charge in [-0.1, -0.05) is 60.2 Å². The third-order valence-corrected chi connectivity index (χ3v) is 4.74. The highest BCUT2D eigenvalue weighted by atomic mass is 16.5. The minimum atomic E-state index is -0.746. The van der Waals surface area contributed by atoms with Crippen molar-refractivity contribution in [2.24, 2.45) is 0 Å². The van der Waals surface area contributed by atoms with Crippen molar-refractivity contribution < 1.29 is 19.1 Å². The Balaban J connectivity index is 1.93. The summed E-state index contributed by atoms with van der Waals surface area (Å²) in [5, 5.41) is 2.65. The number of carbonyl (C=O) groups excluding carboxylic acids is 3. The minimum absolute atomic E-state index is 0.0724. The number of aromatic amines is 1. The first-order valence-electron chi connectivity index (χ1n) is 9.75. The van der Waals surface area contributed by atoms with E-state index in [0.29, 0.717) is 16.8 Å². The van der Waals surface area contributed by atoms with Crippen LogP contribution in [0.4, 0.5) is 0 Å². The number of Topliss-reactive ketones (excluding diaryl/α,β-unsaturated/α-hetero) is 1. The number of benzene rings is 2. The fourth-order valence-electron chi connectivity index (χ4n) is 3.23. The zero-order valence-corrected chi connectivity index (χ0v) is 17.2. The monoisotopic (exact) mass is 404 g/mol. The van der Waals surface area contributed by atoms with Gasteiger partial charge in [-0.3, -0.25) is 9.59 Å². The van der Waals surface area contributed by atoms with Crippen molar-refractivity contribution in [3.63, 3.8) is 0 Å². The highest BCUT2D eigenvalue weighted by Gasteiger charge is 2.29. The Morgan fingerprint density at radius 1 is 0.967 bits per heavy atom. The summed E-state index contributed by atoms with van der Waals surface area (Å²) in [5.74, 6) is -2.02. The number of aromatic nitrogens is 1. The number of rotatable bonds is 7. The topological polar surface area (TPSA) is 88.3 Å². The Bertz CT molecular complexity index is 1070. The average Bonchev–Trinajstić information content (AvgIpc) is 3.10. The van der Waals surface area contributed by atoms with Gasteiger partial charge in [-0.2, -0.15) is 0 Å². The van der Waals surface area contributed by atoms with E-state index < -0.39 is 17.7 Å². The van der Waals surface area contributed by atoms with Crippen LogP contribution in [-0.4, -0.2) is 29.3 Å². The Labute approximate surface area is 175 Å². The molecular formula is C24H24N2O4. The van der Waals surface area contributed by atoms with Gasteiger partial charge in [0, 0.05) is 17.8 Å². The molecule has 3 aromatic rings. The van der Waals surface area contributed by atoms with Crippen molar-refractivity contribution in [3.05, 3.63) is 82.7 Å². The van der Waals surface area contributed by atoms with E-state index in [9.17, 15) is 14.4 Å². The van der Waals surface area contributed by atoms with Crippen LogP contribution < -0.4 is 5.32 Å². The maximum atomic E-state index is 13.0. The van der Waals surface area contributed by atoms with E-state index in [1.165, 1.54) is 0 Å². The summed E-state index contributed by atoms with van der Waals surface area (Å²) in [6, 6.07) is 16.7. The molecule has 6 heteroatoms. The zero-order chi connectivity index (χ0) is 21.7. The lowest BCUT2D eigenvalue weighted by Gasteiger charge is -2.08. The quantitative estimate of drug-likeness (QED) is 0.354. The van der Waals surface area contributed by atoms with Gasteiger partial charge < -0.3 is 15.0 Å². The van der Waals surface area contributed by atoms with E-state index in [-0.39, 0.29) is 24.4 Å². The van der Waals surface area contributed by atoms with E-state index in [0.717, 1.165) is 11.1 Å². The molecule has 0 saturated heterocycles. The van der Waals surface area contributed by atoms with Gasteiger partial charge >= 0.3 is 5.97 Å². The largest absolute Gasteiger partial charge is 0.462 e. The van der Waals surface area contributed by atoms with Gasteiger partial charge in [0.15, 0.2) is 0 Å². The molecule has 0 bridgehead atoms. The molecule has 0 spiro atoms. The smallest absolute Gasteiger partial charge is 0.340 e. The molecule has 6 nitrogen and oxygen atoms in total. The Morgan fingerprint density at radius 3 is 2.27 bits per heavy atom. The minimum Gasteiger partial charge on any atom is -0.462 e. The Hall–Kier alpha value is -3.67. The molecule has 3 rings (SSSR count). The number of carbonyl (C=O) groups is 3. The molecule has 0 saturated carbocycles. The van der Waals surface area contributed by atoms with E-state index in [4.69, 9.17) is 4.74 Å². The van der Waals surface area contributed by atoms with Gasteiger partial charge in [0.2, 0.25) is 0 Å². The van der Waals surface area contributed by atoms with Gasteiger partial charge in [-0.25, -0.2) is 4.79 Å². The van der Waals surface area contributed by atoms with Crippen LogP contribution in [-0.2, 0) is 16.1 Å². The van der Waals surface area contributed by atoms with Crippen molar-refractivity contribution >= 4 is 17.7 Å². The highest BCUT2D eigenvalue weighted by molar-refractivity contribution is 6.43. The number of ketones is 1. The molecule has 0 aliphatic rings. The summed E-state index contributed by atoms with van der Waals surface area (Å²) < 4.78 is 5.17. The summed E-state index contributed by atoms with van der Waals surface area (Å²) in [6.07, 6.45) is 0. The first-order valence-corrected chi connectivity index (χ1v) is 9.75. The third kappa shape index (κ3) is 4.49. The number of H-pyrrole nitrogens is 1. The van der Waals surface area contributed by atoms with E-state index in [2.05, 4.69) is 10.3 Å². The van der Waals surface area contributed by atoms with Crippen molar-refractivity contribution in [1.82, 2.24) is 10.3 Å². The van der Waals surface area contributed by atoms with E-state index in [1.807, 2.05) is 37.3 Å². The molecule has 0 aliphatic heterocycles. The lowest BCUT2D eigenvalue weighted by Crippen LogP contribution is -2.31. The Kier molecular flexibility index (Phi) is 6.47. The molecule has 1 aromatic heterocycles. The molecule has 1 amide bonds. The molecule has 2 N–H and O–H groups in total. The molecule has 0 radical (unpaired) electrons. The van der Waals surface area contributed by atoms with Gasteiger partial charge in [0.1, 0.15) is 5.69 Å². The van der Waals surface area contributed by atoms with E-state index >= 15 is 0 Å².